The van der Waals surface area contributed by atoms with Gasteiger partial charge in [-0.3, -0.25) is 14.2 Å². The van der Waals surface area contributed by atoms with Crippen molar-refractivity contribution in [3.05, 3.63) is 67.0 Å². The first kappa shape index (κ1) is 26.9. The van der Waals surface area contributed by atoms with Gasteiger partial charge in [0, 0.05) is 37.4 Å². The number of carbonyl (C=O) groups is 1. The maximum atomic E-state index is 13.4. The average Bonchev–Trinajstić information content (AvgIpc) is 3.62. The lowest BCUT2D eigenvalue weighted by molar-refractivity contribution is -0.0494. The summed E-state index contributed by atoms with van der Waals surface area (Å²) in [5.41, 5.74) is 0.409. The zero-order valence-corrected chi connectivity index (χ0v) is 21.8. The molecule has 0 aliphatic carbocycles. The summed E-state index contributed by atoms with van der Waals surface area (Å²) in [4.78, 5) is 16.8. The first-order valence-corrected chi connectivity index (χ1v) is 13.2. The van der Waals surface area contributed by atoms with E-state index in [1.165, 1.54) is 45.6 Å². The van der Waals surface area contributed by atoms with Crippen molar-refractivity contribution in [3.63, 3.8) is 0 Å². The summed E-state index contributed by atoms with van der Waals surface area (Å²) in [6.07, 6.45) is 7.48. The van der Waals surface area contributed by atoms with Crippen LogP contribution < -0.4 is 10.1 Å². The number of sulfone groups is 1. The summed E-state index contributed by atoms with van der Waals surface area (Å²) in [7, 11) is -2.63. The van der Waals surface area contributed by atoms with Crippen molar-refractivity contribution >= 4 is 27.1 Å². The van der Waals surface area contributed by atoms with Gasteiger partial charge in [0.25, 0.3) is 5.91 Å². The highest BCUT2D eigenvalue weighted by Gasteiger charge is 2.26. The smallest absolute Gasteiger partial charge is 0.387 e. The molecule has 0 saturated carbocycles. The number of nitrogens with zero attached hydrogens (tertiary/aromatic N) is 7. The molecule has 1 aromatic carbocycles. The third-order valence-electron chi connectivity index (χ3n) is 5.70. The number of aromatic nitrogens is 7. The van der Waals surface area contributed by atoms with Crippen LogP contribution in [0.2, 0.25) is 0 Å². The largest absolute Gasteiger partial charge is 0.434 e. The minimum Gasteiger partial charge on any atom is -0.434 e. The van der Waals surface area contributed by atoms with E-state index in [0.717, 1.165) is 24.4 Å². The number of rotatable bonds is 9. The molecule has 0 bridgehead atoms. The fourth-order valence-corrected chi connectivity index (χ4v) is 5.24. The molecular weight excluding hydrogens is 550 g/mol. The average molecular weight is 573 g/mol. The molecule has 0 saturated heterocycles. The number of aliphatic hydroxyl groups excluding tert-OH is 1. The zero-order chi connectivity index (χ0) is 28.6. The Balaban J connectivity index is 1.56. The van der Waals surface area contributed by atoms with Crippen molar-refractivity contribution in [1.82, 2.24) is 34.2 Å². The SMILES string of the molecule is C[C@H](O)Cn1cc(S(=O)(=O)c2ccc(OC(F)F)c(-c3nn(C)cc3NC(=O)c3cnn4cccnc34)c2)cn1. The normalized spacial score (nSPS) is 12.7. The Hall–Kier alpha value is -4.70. The highest BCUT2D eigenvalue weighted by Crippen LogP contribution is 2.38. The molecule has 1 amide bonds. The van der Waals surface area contributed by atoms with Crippen molar-refractivity contribution < 1.29 is 31.8 Å². The van der Waals surface area contributed by atoms with Crippen molar-refractivity contribution in [2.75, 3.05) is 5.32 Å². The zero-order valence-electron chi connectivity index (χ0n) is 21.0. The van der Waals surface area contributed by atoms with Crippen LogP contribution in [0.4, 0.5) is 14.5 Å². The van der Waals surface area contributed by atoms with Gasteiger partial charge in [0.15, 0.2) is 5.65 Å². The van der Waals surface area contributed by atoms with E-state index < -0.39 is 28.5 Å². The van der Waals surface area contributed by atoms with E-state index in [4.69, 9.17) is 0 Å². The van der Waals surface area contributed by atoms with E-state index in [2.05, 4.69) is 30.3 Å². The van der Waals surface area contributed by atoms with Crippen LogP contribution in [0.25, 0.3) is 16.9 Å². The summed E-state index contributed by atoms with van der Waals surface area (Å²) in [5.74, 6) is -0.959. The van der Waals surface area contributed by atoms with Crippen LogP contribution in [0.1, 0.15) is 17.3 Å². The van der Waals surface area contributed by atoms with Crippen LogP contribution in [0.5, 0.6) is 5.75 Å². The number of alkyl halides is 2. The molecule has 2 N–H and O–H groups in total. The van der Waals surface area contributed by atoms with Crippen molar-refractivity contribution in [2.24, 2.45) is 7.05 Å². The number of amides is 1. The molecule has 0 aliphatic heterocycles. The Bertz CT molecular complexity index is 1810. The topological polar surface area (TPSA) is 159 Å². The number of carbonyl (C=O) groups excluding carboxylic acids is 1. The number of halogens is 2. The van der Waals surface area contributed by atoms with Gasteiger partial charge in [-0.25, -0.2) is 17.9 Å². The summed E-state index contributed by atoms with van der Waals surface area (Å²) in [5, 5.41) is 24.6. The molecule has 0 aliphatic rings. The van der Waals surface area contributed by atoms with Crippen LogP contribution in [0.3, 0.4) is 0 Å². The Morgan fingerprint density at radius 3 is 2.73 bits per heavy atom. The number of aryl methyl sites for hydroxylation is 1. The van der Waals surface area contributed by atoms with Gasteiger partial charge in [0.2, 0.25) is 9.84 Å². The van der Waals surface area contributed by atoms with Gasteiger partial charge >= 0.3 is 6.61 Å². The number of aliphatic hydroxyl groups is 1. The second-order valence-corrected chi connectivity index (χ2v) is 10.7. The van der Waals surface area contributed by atoms with E-state index >= 15 is 0 Å². The number of fused-ring (bicyclic) bond motifs is 1. The minimum absolute atomic E-state index is 0.0159. The first-order chi connectivity index (χ1) is 19.0. The standard InChI is InChI=1S/C24H22F2N8O5S/c1-14(35)11-33-12-16(9-28-33)40(37,38)15-4-5-20(39-24(25)26)17(8-15)21-19(13-32(2)31-21)30-23(36)18-10-29-34-7-3-6-27-22(18)34/h3-10,12-14,24,35H,11H2,1-2H3,(H,30,36)/t14-/m0/s1. The van der Waals surface area contributed by atoms with Gasteiger partial charge in [-0.2, -0.15) is 24.1 Å². The number of hydrogen-bond donors (Lipinski definition) is 2. The molecule has 5 aromatic rings. The van der Waals surface area contributed by atoms with Crippen LogP contribution >= 0.6 is 0 Å². The lowest BCUT2D eigenvalue weighted by Crippen LogP contribution is -2.13. The van der Waals surface area contributed by atoms with Crippen molar-refractivity contribution in [1.29, 1.82) is 0 Å². The maximum absolute atomic E-state index is 13.4. The maximum Gasteiger partial charge on any atom is 0.387 e. The van der Waals surface area contributed by atoms with Crippen LogP contribution in [-0.4, -0.2) is 66.3 Å². The van der Waals surface area contributed by atoms with Gasteiger partial charge in [-0.1, -0.05) is 0 Å². The molecule has 40 heavy (non-hydrogen) atoms. The van der Waals surface area contributed by atoms with Crippen LogP contribution in [0.15, 0.2) is 71.2 Å². The van der Waals surface area contributed by atoms with Crippen molar-refractivity contribution in [2.45, 2.75) is 36.0 Å². The molecule has 13 nitrogen and oxygen atoms in total. The van der Waals surface area contributed by atoms with E-state index in [1.54, 1.807) is 19.3 Å². The lowest BCUT2D eigenvalue weighted by Gasteiger charge is -2.13. The quantitative estimate of drug-likeness (QED) is 0.270. The molecule has 4 aromatic heterocycles. The molecule has 4 heterocycles. The van der Waals surface area contributed by atoms with Crippen LogP contribution in [-0.2, 0) is 23.4 Å². The molecular formula is C24H22F2N8O5S. The fourth-order valence-electron chi connectivity index (χ4n) is 4.01. The molecule has 0 spiro atoms. The highest BCUT2D eigenvalue weighted by molar-refractivity contribution is 7.91. The van der Waals surface area contributed by atoms with Gasteiger partial charge in [-0.15, -0.1) is 0 Å². The number of anilines is 1. The van der Waals surface area contributed by atoms with E-state index in [0.29, 0.717) is 0 Å². The van der Waals surface area contributed by atoms with E-state index in [9.17, 15) is 27.1 Å². The van der Waals surface area contributed by atoms with E-state index in [1.807, 2.05) is 0 Å². The third kappa shape index (κ3) is 5.26. The molecule has 0 radical (unpaired) electrons. The number of ether oxygens (including phenoxy) is 1. The second-order valence-electron chi connectivity index (χ2n) is 8.75. The fraction of sp³-hybridized carbons (Fsp3) is 0.208. The Kier molecular flexibility index (Phi) is 7.03. The Morgan fingerprint density at radius 1 is 1.18 bits per heavy atom. The number of hydrogen-bond acceptors (Lipinski definition) is 9. The number of nitrogens with one attached hydrogen (secondary N) is 1. The highest BCUT2D eigenvalue weighted by atomic mass is 32.2. The predicted octanol–water partition coefficient (Wildman–Crippen LogP) is 2.39. The number of benzene rings is 1. The first-order valence-electron chi connectivity index (χ1n) is 11.7. The summed E-state index contributed by atoms with van der Waals surface area (Å²) in [6, 6.07) is 4.98. The molecule has 0 unspecified atom stereocenters. The molecule has 1 atom stereocenters. The minimum atomic E-state index is -4.17. The van der Waals surface area contributed by atoms with E-state index in [-0.39, 0.29) is 50.2 Å². The molecule has 0 fully saturated rings. The summed E-state index contributed by atoms with van der Waals surface area (Å²) >= 11 is 0. The molecule has 5 rings (SSSR count). The van der Waals surface area contributed by atoms with Crippen molar-refractivity contribution in [3.8, 4) is 17.0 Å². The second kappa shape index (κ2) is 10.5. The van der Waals surface area contributed by atoms with Crippen LogP contribution in [0, 0.1) is 0 Å². The lowest BCUT2D eigenvalue weighted by atomic mass is 10.1. The third-order valence-corrected chi connectivity index (χ3v) is 7.41. The van der Waals surface area contributed by atoms with Gasteiger partial charge in [-0.05, 0) is 31.2 Å². The molecule has 208 valence electrons. The Morgan fingerprint density at radius 2 is 1.98 bits per heavy atom. The summed E-state index contributed by atoms with van der Waals surface area (Å²) in [6.45, 7) is -1.62. The summed E-state index contributed by atoms with van der Waals surface area (Å²) < 4.78 is 62.0. The Labute approximate surface area is 225 Å². The monoisotopic (exact) mass is 572 g/mol. The van der Waals surface area contributed by atoms with Gasteiger partial charge in [0.1, 0.15) is 21.9 Å². The van der Waals surface area contributed by atoms with Gasteiger partial charge < -0.3 is 15.2 Å². The molecule has 16 heteroatoms. The predicted molar refractivity (Wildman–Crippen MR) is 136 cm³/mol. The van der Waals surface area contributed by atoms with Gasteiger partial charge in [0.05, 0.1) is 35.6 Å².